The highest BCUT2D eigenvalue weighted by molar-refractivity contribution is 5.36. The zero-order chi connectivity index (χ0) is 18.9. The maximum Gasteiger partial charge on any atom is 0.201 e. The zero-order valence-electron chi connectivity index (χ0n) is 15.4. The molecule has 2 heterocycles. The van der Waals surface area contributed by atoms with E-state index in [9.17, 15) is 25.5 Å². The Kier molecular flexibility index (Phi) is 3.20. The molecule has 6 aliphatic rings. The van der Waals surface area contributed by atoms with Gasteiger partial charge in [-0.15, -0.1) is 0 Å². The SMILES string of the molecule is C=C1[C@@H]2C[C@H](O)[C@H]3[C@@]45CO[C@](O)([C@@H](O)[C@@H]4C(C)(C)CC[C@@H]5O)[C@]3(C2)[C@@H]1O. The molecule has 0 aromatic rings. The minimum Gasteiger partial charge on any atom is -0.393 e. The van der Waals surface area contributed by atoms with Gasteiger partial charge in [-0.25, -0.2) is 0 Å². The number of aliphatic hydroxyl groups excluding tert-OH is 4. The standard InChI is InChI=1S/C20H30O6/c1-9-10-6-11(21)13-18-8-26-20(25,19(13,7-10)15(9)23)16(24)14(18)17(2,3)5-4-12(18)22/h10-16,21-25H,1,4-8H2,2-3H3/t10-,11+,12+,13+,14-,15-,16+,18+,19+,20-/m1/s1. The van der Waals surface area contributed by atoms with Crippen molar-refractivity contribution >= 4 is 0 Å². The van der Waals surface area contributed by atoms with Crippen LogP contribution in [0.1, 0.15) is 39.5 Å². The summed E-state index contributed by atoms with van der Waals surface area (Å²) in [6, 6.07) is 0. The highest BCUT2D eigenvalue weighted by Crippen LogP contribution is 2.77. The van der Waals surface area contributed by atoms with Gasteiger partial charge in [-0.1, -0.05) is 20.4 Å². The number of hydrogen-bond donors (Lipinski definition) is 5. The number of hydrogen-bond acceptors (Lipinski definition) is 6. The van der Waals surface area contributed by atoms with Crippen LogP contribution in [0.3, 0.4) is 0 Å². The van der Waals surface area contributed by atoms with Crippen LogP contribution < -0.4 is 0 Å². The van der Waals surface area contributed by atoms with Crippen LogP contribution in [0.15, 0.2) is 12.2 Å². The molecule has 4 saturated carbocycles. The van der Waals surface area contributed by atoms with E-state index in [1.807, 2.05) is 13.8 Å². The molecule has 6 rings (SSSR count). The largest absolute Gasteiger partial charge is 0.393 e. The van der Waals surface area contributed by atoms with Gasteiger partial charge in [0.2, 0.25) is 5.79 Å². The van der Waals surface area contributed by atoms with Gasteiger partial charge in [0.25, 0.3) is 0 Å². The van der Waals surface area contributed by atoms with Crippen LogP contribution in [0.5, 0.6) is 0 Å². The monoisotopic (exact) mass is 366 g/mol. The highest BCUT2D eigenvalue weighted by Gasteiger charge is 2.85. The van der Waals surface area contributed by atoms with Gasteiger partial charge in [-0.05, 0) is 42.6 Å². The predicted molar refractivity (Wildman–Crippen MR) is 91.7 cm³/mol. The summed E-state index contributed by atoms with van der Waals surface area (Å²) in [5, 5.41) is 56.4. The van der Waals surface area contributed by atoms with Crippen LogP contribution in [-0.2, 0) is 4.74 Å². The molecular formula is C20H30O6. The normalized spacial score (nSPS) is 62.7. The molecule has 6 fully saturated rings. The molecule has 4 bridgehead atoms. The van der Waals surface area contributed by atoms with E-state index in [2.05, 4.69) is 6.58 Å². The first-order valence-electron chi connectivity index (χ1n) is 9.81. The molecule has 6 nitrogen and oxygen atoms in total. The number of rotatable bonds is 0. The number of ether oxygens (including phenoxy) is 1. The zero-order valence-corrected chi connectivity index (χ0v) is 15.4. The molecule has 2 aliphatic heterocycles. The Morgan fingerprint density at radius 1 is 1.12 bits per heavy atom. The topological polar surface area (TPSA) is 110 Å². The van der Waals surface area contributed by atoms with Gasteiger partial charge >= 0.3 is 0 Å². The number of fused-ring (bicyclic) bond motifs is 2. The predicted octanol–water partition coefficient (Wildman–Crippen LogP) is 0.167. The van der Waals surface area contributed by atoms with Crippen molar-refractivity contribution in [1.82, 2.24) is 0 Å². The average molecular weight is 366 g/mol. The van der Waals surface area contributed by atoms with E-state index in [1.54, 1.807) is 0 Å². The summed E-state index contributed by atoms with van der Waals surface area (Å²) in [5.41, 5.74) is -1.84. The summed E-state index contributed by atoms with van der Waals surface area (Å²) in [4.78, 5) is 0. The molecule has 0 unspecified atom stereocenters. The Balaban J connectivity index is 1.80. The van der Waals surface area contributed by atoms with Crippen molar-refractivity contribution in [2.24, 2.45) is 34.0 Å². The summed E-state index contributed by atoms with van der Waals surface area (Å²) in [6.07, 6.45) is -1.67. The van der Waals surface area contributed by atoms with E-state index in [-0.39, 0.29) is 17.9 Å². The van der Waals surface area contributed by atoms with E-state index in [0.717, 1.165) is 6.42 Å². The van der Waals surface area contributed by atoms with Crippen molar-refractivity contribution in [2.75, 3.05) is 6.61 Å². The van der Waals surface area contributed by atoms with Crippen LogP contribution in [0.25, 0.3) is 0 Å². The van der Waals surface area contributed by atoms with Crippen molar-refractivity contribution in [3.05, 3.63) is 12.2 Å². The third kappa shape index (κ3) is 1.52. The van der Waals surface area contributed by atoms with Gasteiger partial charge in [0.1, 0.15) is 6.10 Å². The third-order valence-corrected chi connectivity index (χ3v) is 9.02. The fourth-order valence-corrected chi connectivity index (χ4v) is 8.13. The molecule has 0 aromatic carbocycles. The molecule has 26 heavy (non-hydrogen) atoms. The van der Waals surface area contributed by atoms with Crippen LogP contribution in [0, 0.1) is 34.0 Å². The lowest BCUT2D eigenvalue weighted by atomic mass is 9.35. The number of aliphatic hydroxyl groups is 5. The first-order valence-corrected chi connectivity index (χ1v) is 9.81. The van der Waals surface area contributed by atoms with Crippen LogP contribution in [0.4, 0.5) is 0 Å². The van der Waals surface area contributed by atoms with Crippen LogP contribution >= 0.6 is 0 Å². The average Bonchev–Trinajstić information content (AvgIpc) is 2.76. The Hall–Kier alpha value is -0.500. The maximum absolute atomic E-state index is 11.7. The van der Waals surface area contributed by atoms with Gasteiger partial charge in [0, 0.05) is 17.3 Å². The van der Waals surface area contributed by atoms with E-state index in [1.165, 1.54) is 0 Å². The summed E-state index contributed by atoms with van der Waals surface area (Å²) in [5.74, 6) is -3.02. The van der Waals surface area contributed by atoms with Crippen LogP contribution in [0.2, 0.25) is 0 Å². The Morgan fingerprint density at radius 3 is 2.50 bits per heavy atom. The fraction of sp³-hybridized carbons (Fsp3) is 0.900. The van der Waals surface area contributed by atoms with Gasteiger partial charge < -0.3 is 30.3 Å². The minimum absolute atomic E-state index is 0.0865. The molecule has 0 amide bonds. The van der Waals surface area contributed by atoms with Crippen LogP contribution in [-0.4, -0.2) is 62.3 Å². The molecule has 146 valence electrons. The van der Waals surface area contributed by atoms with Gasteiger partial charge in [0.15, 0.2) is 0 Å². The van der Waals surface area contributed by atoms with Gasteiger partial charge in [-0.2, -0.15) is 0 Å². The first kappa shape index (κ1) is 17.6. The molecule has 2 spiro atoms. The summed E-state index contributed by atoms with van der Waals surface area (Å²) < 4.78 is 5.89. The molecule has 0 aromatic heterocycles. The Morgan fingerprint density at radius 2 is 1.81 bits per heavy atom. The van der Waals surface area contributed by atoms with Gasteiger partial charge in [-0.3, -0.25) is 0 Å². The lowest BCUT2D eigenvalue weighted by molar-refractivity contribution is -0.473. The minimum atomic E-state index is -1.95. The Labute approximate surface area is 153 Å². The van der Waals surface area contributed by atoms with Crippen molar-refractivity contribution < 1.29 is 30.3 Å². The lowest BCUT2D eigenvalue weighted by Crippen LogP contribution is -2.85. The molecule has 5 N–H and O–H groups in total. The quantitative estimate of drug-likeness (QED) is 0.391. The first-order chi connectivity index (χ1) is 12.0. The van der Waals surface area contributed by atoms with E-state index < -0.39 is 52.9 Å². The molecule has 2 saturated heterocycles. The summed E-state index contributed by atoms with van der Waals surface area (Å²) in [7, 11) is 0. The third-order valence-electron chi connectivity index (χ3n) is 9.02. The van der Waals surface area contributed by atoms with Crippen molar-refractivity contribution in [2.45, 2.75) is 69.7 Å². The summed E-state index contributed by atoms with van der Waals surface area (Å²) in [6.45, 7) is 8.20. The second-order valence-corrected chi connectivity index (χ2v) is 10.3. The van der Waals surface area contributed by atoms with Crippen molar-refractivity contribution in [3.63, 3.8) is 0 Å². The van der Waals surface area contributed by atoms with Crippen molar-refractivity contribution in [3.8, 4) is 0 Å². The molecule has 4 aliphatic carbocycles. The molecule has 10 atom stereocenters. The lowest BCUT2D eigenvalue weighted by Gasteiger charge is -2.75. The fourth-order valence-electron chi connectivity index (χ4n) is 8.13. The molecule has 6 heteroatoms. The second-order valence-electron chi connectivity index (χ2n) is 10.3. The molecular weight excluding hydrogens is 336 g/mol. The van der Waals surface area contributed by atoms with E-state index in [4.69, 9.17) is 4.74 Å². The van der Waals surface area contributed by atoms with Gasteiger partial charge in [0.05, 0.1) is 30.3 Å². The summed E-state index contributed by atoms with van der Waals surface area (Å²) >= 11 is 0. The molecule has 0 radical (unpaired) electrons. The maximum atomic E-state index is 11.7. The second kappa shape index (κ2) is 4.73. The Bertz CT molecular complexity index is 677. The smallest absolute Gasteiger partial charge is 0.201 e. The van der Waals surface area contributed by atoms with E-state index >= 15 is 0 Å². The highest BCUT2D eigenvalue weighted by atomic mass is 16.6. The van der Waals surface area contributed by atoms with E-state index in [0.29, 0.717) is 24.8 Å². The van der Waals surface area contributed by atoms with Crippen molar-refractivity contribution in [1.29, 1.82) is 0 Å².